The third kappa shape index (κ3) is 6.27. The molecule has 4 heteroatoms. The Morgan fingerprint density at radius 2 is 2.05 bits per heavy atom. The maximum Gasteiger partial charge on any atom is 0.0931 e. The average molecular weight is 329 g/mol. The van der Waals surface area contributed by atoms with E-state index in [-0.39, 0.29) is 0 Å². The second kappa shape index (κ2) is 9.14. The lowest BCUT2D eigenvalue weighted by atomic mass is 10.1. The Morgan fingerprint density at radius 3 is 2.67 bits per heavy atom. The molecule has 0 radical (unpaired) electrons. The van der Waals surface area contributed by atoms with E-state index < -0.39 is 0 Å². The lowest BCUT2D eigenvalue weighted by molar-refractivity contribution is 0.188. The van der Waals surface area contributed by atoms with E-state index in [1.165, 1.54) is 50.1 Å². The van der Waals surface area contributed by atoms with Gasteiger partial charge in [0.1, 0.15) is 0 Å². The van der Waals surface area contributed by atoms with Crippen LogP contribution in [0.15, 0.2) is 12.1 Å². The van der Waals surface area contributed by atoms with Crippen LogP contribution in [0.3, 0.4) is 0 Å². The van der Waals surface area contributed by atoms with Gasteiger partial charge in [0.2, 0.25) is 0 Å². The molecule has 1 fully saturated rings. The molecule has 0 unspecified atom stereocenters. The fourth-order valence-electron chi connectivity index (χ4n) is 3.05. The number of nitrogens with one attached hydrogen (secondary N) is 1. The molecular formula is C17H29ClN2S. The van der Waals surface area contributed by atoms with Gasteiger partial charge in [-0.3, -0.25) is 4.90 Å². The highest BCUT2D eigenvalue weighted by Gasteiger charge is 2.21. The predicted molar refractivity (Wildman–Crippen MR) is 94.3 cm³/mol. The third-order valence-electron chi connectivity index (χ3n) is 4.34. The SMILES string of the molecule is CC(C)CCN(CCNCc1ccc(Cl)s1)C1CCCC1. The van der Waals surface area contributed by atoms with Gasteiger partial charge in [-0.25, -0.2) is 0 Å². The van der Waals surface area contributed by atoms with Gasteiger partial charge in [0.05, 0.1) is 4.34 Å². The van der Waals surface area contributed by atoms with Crippen LogP contribution >= 0.6 is 22.9 Å². The van der Waals surface area contributed by atoms with Gasteiger partial charge >= 0.3 is 0 Å². The number of rotatable bonds is 9. The largest absolute Gasteiger partial charge is 0.311 e. The molecule has 0 bridgehead atoms. The molecule has 1 aromatic rings. The minimum atomic E-state index is 0.801. The van der Waals surface area contributed by atoms with Crippen LogP contribution in [0.2, 0.25) is 4.34 Å². The summed E-state index contributed by atoms with van der Waals surface area (Å²) in [5.74, 6) is 0.801. The highest BCUT2D eigenvalue weighted by Crippen LogP contribution is 2.24. The molecule has 1 heterocycles. The van der Waals surface area contributed by atoms with Crippen molar-refractivity contribution < 1.29 is 0 Å². The molecule has 1 aliphatic rings. The number of hydrogen-bond acceptors (Lipinski definition) is 3. The van der Waals surface area contributed by atoms with Crippen LogP contribution < -0.4 is 5.32 Å². The number of halogens is 1. The molecule has 0 aromatic carbocycles. The summed E-state index contributed by atoms with van der Waals surface area (Å²) in [6, 6.07) is 4.94. The van der Waals surface area contributed by atoms with Gasteiger partial charge < -0.3 is 5.32 Å². The molecular weight excluding hydrogens is 300 g/mol. The van der Waals surface area contributed by atoms with E-state index in [2.05, 4.69) is 30.1 Å². The van der Waals surface area contributed by atoms with Crippen molar-refractivity contribution in [3.8, 4) is 0 Å². The maximum absolute atomic E-state index is 5.96. The van der Waals surface area contributed by atoms with Gasteiger partial charge in [-0.15, -0.1) is 11.3 Å². The summed E-state index contributed by atoms with van der Waals surface area (Å²) in [5, 5.41) is 3.57. The second-order valence-electron chi connectivity index (χ2n) is 6.54. The molecule has 1 aromatic heterocycles. The van der Waals surface area contributed by atoms with Crippen LogP contribution in [0.5, 0.6) is 0 Å². The quantitative estimate of drug-likeness (QED) is 0.656. The summed E-state index contributed by atoms with van der Waals surface area (Å²) in [4.78, 5) is 4.05. The van der Waals surface area contributed by atoms with Crippen LogP contribution in [-0.4, -0.2) is 30.6 Å². The van der Waals surface area contributed by atoms with Gasteiger partial charge in [0.15, 0.2) is 0 Å². The monoisotopic (exact) mass is 328 g/mol. The van der Waals surface area contributed by atoms with Crippen LogP contribution in [0.25, 0.3) is 0 Å². The van der Waals surface area contributed by atoms with Gasteiger partial charge in [0, 0.05) is 30.6 Å². The fraction of sp³-hybridized carbons (Fsp3) is 0.765. The average Bonchev–Trinajstić information content (AvgIpc) is 3.09. The van der Waals surface area contributed by atoms with Crippen molar-refractivity contribution in [2.24, 2.45) is 5.92 Å². The van der Waals surface area contributed by atoms with E-state index in [0.29, 0.717) is 0 Å². The van der Waals surface area contributed by atoms with Crippen molar-refractivity contribution in [1.82, 2.24) is 10.2 Å². The Morgan fingerprint density at radius 1 is 1.29 bits per heavy atom. The molecule has 0 atom stereocenters. The summed E-state index contributed by atoms with van der Waals surface area (Å²) in [7, 11) is 0. The van der Waals surface area contributed by atoms with Crippen LogP contribution in [0, 0.1) is 5.92 Å². The number of hydrogen-bond donors (Lipinski definition) is 1. The lowest BCUT2D eigenvalue weighted by Gasteiger charge is -2.29. The van der Waals surface area contributed by atoms with Crippen molar-refractivity contribution in [3.05, 3.63) is 21.3 Å². The van der Waals surface area contributed by atoms with E-state index in [1.807, 2.05) is 6.07 Å². The van der Waals surface area contributed by atoms with Gasteiger partial charge in [-0.1, -0.05) is 38.3 Å². The topological polar surface area (TPSA) is 15.3 Å². The summed E-state index contributed by atoms with van der Waals surface area (Å²) in [6.45, 7) is 9.10. The highest BCUT2D eigenvalue weighted by molar-refractivity contribution is 7.16. The summed E-state index contributed by atoms with van der Waals surface area (Å²) in [5.41, 5.74) is 0. The zero-order valence-electron chi connectivity index (χ0n) is 13.4. The third-order valence-corrected chi connectivity index (χ3v) is 5.57. The molecule has 2 nitrogen and oxygen atoms in total. The Hall–Kier alpha value is -0.0900. The van der Waals surface area contributed by atoms with Gasteiger partial charge in [-0.05, 0) is 43.9 Å². The summed E-state index contributed by atoms with van der Waals surface area (Å²) < 4.78 is 0.885. The van der Waals surface area contributed by atoms with Gasteiger partial charge in [0.25, 0.3) is 0 Å². The summed E-state index contributed by atoms with van der Waals surface area (Å²) >= 11 is 7.64. The highest BCUT2D eigenvalue weighted by atomic mass is 35.5. The first-order valence-electron chi connectivity index (χ1n) is 8.34. The molecule has 1 aliphatic carbocycles. The van der Waals surface area contributed by atoms with Crippen LogP contribution in [-0.2, 0) is 6.54 Å². The van der Waals surface area contributed by atoms with Crippen LogP contribution in [0.4, 0.5) is 0 Å². The molecule has 0 saturated heterocycles. The van der Waals surface area contributed by atoms with Crippen molar-refractivity contribution >= 4 is 22.9 Å². The molecule has 1 N–H and O–H groups in total. The Labute approximate surface area is 138 Å². The molecule has 0 aliphatic heterocycles. The molecule has 120 valence electrons. The van der Waals surface area contributed by atoms with Crippen molar-refractivity contribution in [1.29, 1.82) is 0 Å². The van der Waals surface area contributed by atoms with Crippen molar-refractivity contribution in [2.45, 2.75) is 58.5 Å². The summed E-state index contributed by atoms with van der Waals surface area (Å²) in [6.07, 6.45) is 6.96. The first-order chi connectivity index (χ1) is 10.1. The Balaban J connectivity index is 1.70. The lowest BCUT2D eigenvalue weighted by Crippen LogP contribution is -2.39. The number of nitrogens with zero attached hydrogens (tertiary/aromatic N) is 1. The van der Waals surface area contributed by atoms with Crippen molar-refractivity contribution in [3.63, 3.8) is 0 Å². The van der Waals surface area contributed by atoms with E-state index in [9.17, 15) is 0 Å². The molecule has 1 saturated carbocycles. The molecule has 2 rings (SSSR count). The minimum absolute atomic E-state index is 0.801. The minimum Gasteiger partial charge on any atom is -0.311 e. The maximum atomic E-state index is 5.96. The first-order valence-corrected chi connectivity index (χ1v) is 9.53. The van der Waals surface area contributed by atoms with Crippen molar-refractivity contribution in [2.75, 3.05) is 19.6 Å². The van der Waals surface area contributed by atoms with E-state index >= 15 is 0 Å². The molecule has 0 spiro atoms. The van der Waals surface area contributed by atoms with Gasteiger partial charge in [-0.2, -0.15) is 0 Å². The number of thiophene rings is 1. The first kappa shape index (κ1) is 17.3. The van der Waals surface area contributed by atoms with Crippen LogP contribution in [0.1, 0.15) is 50.8 Å². The van der Waals surface area contributed by atoms with E-state index in [1.54, 1.807) is 11.3 Å². The second-order valence-corrected chi connectivity index (χ2v) is 8.34. The standard InChI is InChI=1S/C17H29ClN2S/c1-14(2)9-11-20(15-5-3-4-6-15)12-10-19-13-16-7-8-17(18)21-16/h7-8,14-15,19H,3-6,9-13H2,1-2H3. The zero-order valence-corrected chi connectivity index (χ0v) is 15.0. The smallest absolute Gasteiger partial charge is 0.0931 e. The fourth-order valence-corrected chi connectivity index (χ4v) is 4.11. The Bertz CT molecular complexity index is 399. The normalized spacial score (nSPS) is 16.4. The van der Waals surface area contributed by atoms with E-state index in [4.69, 9.17) is 11.6 Å². The zero-order chi connectivity index (χ0) is 15.1. The predicted octanol–water partition coefficient (Wildman–Crippen LogP) is 4.78. The molecule has 0 amide bonds. The Kier molecular flexibility index (Phi) is 7.51. The molecule has 21 heavy (non-hydrogen) atoms. The van der Waals surface area contributed by atoms with E-state index in [0.717, 1.165) is 29.4 Å².